The molecule has 0 unspecified atom stereocenters. The maximum atomic E-state index is 12.5. The minimum atomic E-state index is -2.70. The Labute approximate surface area is 209 Å². The van der Waals surface area contributed by atoms with Crippen molar-refractivity contribution in [1.29, 1.82) is 5.26 Å². The van der Waals surface area contributed by atoms with Crippen molar-refractivity contribution in [2.75, 3.05) is 57.4 Å². The summed E-state index contributed by atoms with van der Waals surface area (Å²) in [5.41, 5.74) is 3.51. The van der Waals surface area contributed by atoms with Crippen LogP contribution in [0, 0.1) is 11.3 Å². The zero-order valence-corrected chi connectivity index (χ0v) is 21.5. The highest BCUT2D eigenvalue weighted by molar-refractivity contribution is 7.69. The third-order valence-corrected chi connectivity index (χ3v) is 7.04. The quantitative estimate of drug-likeness (QED) is 0.288. The van der Waals surface area contributed by atoms with Crippen LogP contribution in [-0.2, 0) is 14.7 Å². The molecule has 12 heteroatoms. The van der Waals surface area contributed by atoms with Gasteiger partial charge in [0.2, 0.25) is 11.8 Å². The van der Waals surface area contributed by atoms with Gasteiger partial charge in [0, 0.05) is 30.8 Å². The third kappa shape index (κ3) is 5.16. The van der Waals surface area contributed by atoms with Gasteiger partial charge >= 0.3 is 0 Å². The number of rotatable bonds is 9. The van der Waals surface area contributed by atoms with Gasteiger partial charge in [-0.2, -0.15) is 10.2 Å². The lowest BCUT2D eigenvalue weighted by atomic mass is 9.83. The number of nitrogens with one attached hydrogen (secondary N) is 2. The third-order valence-electron chi connectivity index (χ3n) is 5.86. The molecule has 0 bridgehead atoms. The number of aromatic nitrogens is 4. The van der Waals surface area contributed by atoms with Gasteiger partial charge in [0.25, 0.3) is 0 Å². The Balaban J connectivity index is 1.69. The standard InChI is InChI=1S/C24H28N7O4P/c1-24(14-32)13-28-20-16(11-25)9-15(10-17(20)24)18-5-6-26-22(29-18)30-19-12-27-23(36(3,4)33)31-21(19)35-8-7-34-2/h5-6,9-10,12,28,32H,7-8,13-14H2,1-4H3,(H,26,29,30)/t24-/m1/s1. The Kier molecular flexibility index (Phi) is 7.22. The SMILES string of the molecule is COCCOc1nc(P(C)(C)=O)ncc1Nc1nccc(-c2cc(C#N)c3c(c2)[C@@](C)(CO)CN3)n1. The maximum Gasteiger partial charge on any atom is 0.241 e. The first-order chi connectivity index (χ1) is 17.2. The molecule has 3 heterocycles. The van der Waals surface area contributed by atoms with Crippen LogP contribution in [0.1, 0.15) is 18.1 Å². The van der Waals surface area contributed by atoms with Crippen molar-refractivity contribution in [2.45, 2.75) is 12.3 Å². The number of anilines is 3. The van der Waals surface area contributed by atoms with Gasteiger partial charge in [0.05, 0.1) is 36.4 Å². The smallest absolute Gasteiger partial charge is 0.241 e. The second-order valence-corrected chi connectivity index (χ2v) is 12.2. The largest absolute Gasteiger partial charge is 0.474 e. The number of fused-ring (bicyclic) bond motifs is 1. The minimum Gasteiger partial charge on any atom is -0.474 e. The molecule has 0 saturated heterocycles. The van der Waals surface area contributed by atoms with Gasteiger partial charge < -0.3 is 29.8 Å². The van der Waals surface area contributed by atoms with Crippen LogP contribution in [0.15, 0.2) is 30.6 Å². The Hall–Kier alpha value is -3.58. The van der Waals surface area contributed by atoms with E-state index in [1.807, 2.05) is 13.0 Å². The number of methoxy groups -OCH3 is 1. The van der Waals surface area contributed by atoms with E-state index in [4.69, 9.17) is 9.47 Å². The fourth-order valence-electron chi connectivity index (χ4n) is 3.80. The van der Waals surface area contributed by atoms with E-state index in [-0.39, 0.29) is 30.6 Å². The van der Waals surface area contributed by atoms with E-state index in [0.717, 1.165) is 16.8 Å². The molecule has 2 aromatic heterocycles. The molecule has 0 radical (unpaired) electrons. The molecular formula is C24H28N7O4P. The summed E-state index contributed by atoms with van der Waals surface area (Å²) in [6, 6.07) is 7.68. The first kappa shape index (κ1) is 25.5. The molecule has 0 fully saturated rings. The van der Waals surface area contributed by atoms with E-state index < -0.39 is 12.6 Å². The van der Waals surface area contributed by atoms with Crippen molar-refractivity contribution in [1.82, 2.24) is 19.9 Å². The summed E-state index contributed by atoms with van der Waals surface area (Å²) in [6.45, 7) is 6.20. The van der Waals surface area contributed by atoms with Gasteiger partial charge in [-0.15, -0.1) is 0 Å². The van der Waals surface area contributed by atoms with Crippen LogP contribution < -0.4 is 20.9 Å². The molecule has 0 spiro atoms. The highest BCUT2D eigenvalue weighted by Crippen LogP contribution is 2.41. The van der Waals surface area contributed by atoms with Gasteiger partial charge in [-0.25, -0.2) is 15.0 Å². The van der Waals surface area contributed by atoms with Gasteiger partial charge in [-0.05, 0) is 37.1 Å². The summed E-state index contributed by atoms with van der Waals surface area (Å²) in [6.07, 6.45) is 3.09. The van der Waals surface area contributed by atoms with E-state index in [2.05, 4.69) is 36.6 Å². The normalized spacial score (nSPS) is 16.7. The zero-order valence-electron chi connectivity index (χ0n) is 20.6. The molecule has 36 heavy (non-hydrogen) atoms. The molecule has 3 aromatic rings. The summed E-state index contributed by atoms with van der Waals surface area (Å²) in [7, 11) is -1.14. The van der Waals surface area contributed by atoms with Crippen molar-refractivity contribution >= 4 is 30.0 Å². The van der Waals surface area contributed by atoms with Crippen LogP contribution >= 0.6 is 7.14 Å². The lowest BCUT2D eigenvalue weighted by Gasteiger charge is -2.21. The van der Waals surface area contributed by atoms with E-state index >= 15 is 0 Å². The molecule has 4 rings (SSSR count). The summed E-state index contributed by atoms with van der Waals surface area (Å²) >= 11 is 0. The second-order valence-electron chi connectivity index (χ2n) is 9.10. The molecule has 11 nitrogen and oxygen atoms in total. The summed E-state index contributed by atoms with van der Waals surface area (Å²) < 4.78 is 23.3. The number of hydrogen-bond acceptors (Lipinski definition) is 11. The van der Waals surface area contributed by atoms with Crippen LogP contribution in [0.3, 0.4) is 0 Å². The molecule has 1 atom stereocenters. The van der Waals surface area contributed by atoms with Crippen molar-refractivity contribution in [3.05, 3.63) is 41.7 Å². The molecular weight excluding hydrogens is 481 g/mol. The van der Waals surface area contributed by atoms with E-state index in [9.17, 15) is 14.9 Å². The number of nitrogens with zero attached hydrogens (tertiary/aromatic N) is 5. The molecule has 188 valence electrons. The number of aliphatic hydroxyl groups excluding tert-OH is 1. The lowest BCUT2D eigenvalue weighted by molar-refractivity contribution is 0.144. The topological polar surface area (TPSA) is 155 Å². The number of hydrogen-bond donors (Lipinski definition) is 3. The number of nitriles is 1. The molecule has 1 aliphatic heterocycles. The molecule has 0 saturated carbocycles. The number of ether oxygens (including phenoxy) is 2. The lowest BCUT2D eigenvalue weighted by Crippen LogP contribution is -2.28. The highest BCUT2D eigenvalue weighted by Gasteiger charge is 2.36. The summed E-state index contributed by atoms with van der Waals surface area (Å²) in [4.78, 5) is 17.5. The number of benzene rings is 1. The van der Waals surface area contributed by atoms with Gasteiger partial charge in [-0.1, -0.05) is 6.92 Å². The predicted octanol–water partition coefficient (Wildman–Crippen LogP) is 2.50. The van der Waals surface area contributed by atoms with Crippen LogP contribution in [0.2, 0.25) is 0 Å². The van der Waals surface area contributed by atoms with Gasteiger partial charge in [-0.3, -0.25) is 0 Å². The Bertz CT molecular complexity index is 1370. The molecule has 1 aliphatic rings. The summed E-state index contributed by atoms with van der Waals surface area (Å²) in [5.74, 6) is 0.475. The molecule has 1 aromatic carbocycles. The minimum absolute atomic E-state index is 0.0534. The Morgan fingerprint density at radius 2 is 2.08 bits per heavy atom. The van der Waals surface area contributed by atoms with Crippen molar-refractivity contribution < 1.29 is 19.1 Å². The van der Waals surface area contributed by atoms with Crippen molar-refractivity contribution in [2.24, 2.45) is 0 Å². The van der Waals surface area contributed by atoms with Crippen molar-refractivity contribution in [3.63, 3.8) is 0 Å². The Morgan fingerprint density at radius 3 is 2.78 bits per heavy atom. The first-order valence-electron chi connectivity index (χ1n) is 11.3. The highest BCUT2D eigenvalue weighted by atomic mass is 31.2. The monoisotopic (exact) mass is 509 g/mol. The van der Waals surface area contributed by atoms with Crippen LogP contribution in [0.25, 0.3) is 11.3 Å². The van der Waals surface area contributed by atoms with Gasteiger partial charge in [0.15, 0.2) is 5.57 Å². The van der Waals surface area contributed by atoms with Gasteiger partial charge in [0.1, 0.15) is 25.5 Å². The van der Waals surface area contributed by atoms with Crippen LogP contribution in [0.4, 0.5) is 17.3 Å². The molecule has 3 N–H and O–H groups in total. The molecule has 0 aliphatic carbocycles. The number of aliphatic hydroxyl groups is 1. The van der Waals surface area contributed by atoms with Crippen molar-refractivity contribution in [3.8, 4) is 23.2 Å². The average molecular weight is 510 g/mol. The Morgan fingerprint density at radius 1 is 1.28 bits per heavy atom. The average Bonchev–Trinajstić information content (AvgIpc) is 3.21. The van der Waals surface area contributed by atoms with E-state index in [1.54, 1.807) is 38.8 Å². The van der Waals surface area contributed by atoms with Crippen LogP contribution in [-0.4, -0.2) is 71.8 Å². The molecule has 0 amide bonds. The fourth-order valence-corrected chi connectivity index (χ4v) is 4.47. The maximum absolute atomic E-state index is 12.5. The zero-order chi connectivity index (χ0) is 25.9. The predicted molar refractivity (Wildman–Crippen MR) is 137 cm³/mol. The van der Waals surface area contributed by atoms with Crippen LogP contribution in [0.5, 0.6) is 5.88 Å². The fraction of sp³-hybridized carbons (Fsp3) is 0.375. The second kappa shape index (κ2) is 10.2. The van der Waals surface area contributed by atoms with E-state index in [1.165, 1.54) is 6.20 Å². The van der Waals surface area contributed by atoms with E-state index in [0.29, 0.717) is 30.1 Å². The first-order valence-corrected chi connectivity index (χ1v) is 13.9. The summed E-state index contributed by atoms with van der Waals surface area (Å²) in [5, 5.41) is 26.0.